The Balaban J connectivity index is 1.96. The zero-order valence-electron chi connectivity index (χ0n) is 14.0. The third-order valence-corrected chi connectivity index (χ3v) is 4.42. The smallest absolute Gasteiger partial charge is 0.411 e. The Morgan fingerprint density at radius 2 is 1.73 bits per heavy atom. The molecule has 7 heteroatoms. The molecule has 1 amide bonds. The van der Waals surface area contributed by atoms with E-state index in [0.717, 1.165) is 5.56 Å². The van der Waals surface area contributed by atoms with Crippen LogP contribution >= 0.6 is 0 Å². The molecule has 3 rings (SSSR count). The van der Waals surface area contributed by atoms with Crippen molar-refractivity contribution >= 4 is 6.09 Å². The molecule has 1 aliphatic rings. The second kappa shape index (κ2) is 6.99. The standard InChI is InChI=1S/C19H19F3N2O2/c20-19(21,22)12-18(16-9-5-4-8-15(16)10-23)13-24(17(25)26-18)11-14-6-2-1-3-7-14/h1-9H,10-13,23H2. The monoisotopic (exact) mass is 364 g/mol. The van der Waals surface area contributed by atoms with Crippen molar-refractivity contribution in [1.29, 1.82) is 0 Å². The molecule has 2 N–H and O–H groups in total. The summed E-state index contributed by atoms with van der Waals surface area (Å²) in [6.45, 7) is 0.0628. The van der Waals surface area contributed by atoms with Gasteiger partial charge in [-0.1, -0.05) is 54.6 Å². The Kier molecular flexibility index (Phi) is 4.91. The molecular formula is C19H19F3N2O2. The highest BCUT2D eigenvalue weighted by atomic mass is 19.4. The van der Waals surface area contributed by atoms with Gasteiger partial charge >= 0.3 is 12.3 Å². The van der Waals surface area contributed by atoms with E-state index in [-0.39, 0.29) is 19.6 Å². The van der Waals surface area contributed by atoms with E-state index in [4.69, 9.17) is 10.5 Å². The predicted octanol–water partition coefficient (Wildman–Crippen LogP) is 3.95. The van der Waals surface area contributed by atoms with Gasteiger partial charge in [0.1, 0.15) is 0 Å². The molecule has 0 spiro atoms. The third-order valence-electron chi connectivity index (χ3n) is 4.42. The minimum absolute atomic E-state index is 0.0615. The molecule has 1 aliphatic heterocycles. The minimum Gasteiger partial charge on any atom is -0.436 e. The topological polar surface area (TPSA) is 55.6 Å². The van der Waals surface area contributed by atoms with Gasteiger partial charge in [0.25, 0.3) is 0 Å². The molecule has 26 heavy (non-hydrogen) atoms. The lowest BCUT2D eigenvalue weighted by Gasteiger charge is -2.30. The van der Waals surface area contributed by atoms with Crippen LogP contribution in [0, 0.1) is 0 Å². The van der Waals surface area contributed by atoms with Crippen molar-refractivity contribution in [2.45, 2.75) is 31.3 Å². The van der Waals surface area contributed by atoms with Crippen LogP contribution in [0.5, 0.6) is 0 Å². The quantitative estimate of drug-likeness (QED) is 0.874. The lowest BCUT2D eigenvalue weighted by molar-refractivity contribution is -0.171. The summed E-state index contributed by atoms with van der Waals surface area (Å²) in [6, 6.07) is 15.6. The lowest BCUT2D eigenvalue weighted by atomic mass is 9.86. The van der Waals surface area contributed by atoms with E-state index in [1.54, 1.807) is 24.3 Å². The molecule has 1 atom stereocenters. The number of amides is 1. The Hall–Kier alpha value is -2.54. The molecule has 1 unspecified atom stereocenters. The fourth-order valence-corrected chi connectivity index (χ4v) is 3.36. The summed E-state index contributed by atoms with van der Waals surface area (Å²) in [5.41, 5.74) is 5.57. The summed E-state index contributed by atoms with van der Waals surface area (Å²) < 4.78 is 45.3. The van der Waals surface area contributed by atoms with Crippen molar-refractivity contribution in [3.8, 4) is 0 Å². The van der Waals surface area contributed by atoms with Gasteiger partial charge in [0.15, 0.2) is 5.60 Å². The van der Waals surface area contributed by atoms with Crippen LogP contribution in [0.1, 0.15) is 23.1 Å². The average molecular weight is 364 g/mol. The zero-order valence-corrected chi connectivity index (χ0v) is 14.0. The molecule has 1 heterocycles. The Morgan fingerprint density at radius 3 is 2.38 bits per heavy atom. The number of rotatable bonds is 5. The van der Waals surface area contributed by atoms with E-state index in [9.17, 15) is 18.0 Å². The first-order valence-electron chi connectivity index (χ1n) is 8.20. The van der Waals surface area contributed by atoms with E-state index in [2.05, 4.69) is 0 Å². The Bertz CT molecular complexity index is 780. The van der Waals surface area contributed by atoms with Crippen molar-refractivity contribution in [3.63, 3.8) is 0 Å². The van der Waals surface area contributed by atoms with Gasteiger partial charge in [-0.3, -0.25) is 4.90 Å². The van der Waals surface area contributed by atoms with Crippen molar-refractivity contribution in [2.24, 2.45) is 5.73 Å². The van der Waals surface area contributed by atoms with Crippen molar-refractivity contribution in [3.05, 3.63) is 71.3 Å². The van der Waals surface area contributed by atoms with E-state index >= 15 is 0 Å². The second-order valence-corrected chi connectivity index (χ2v) is 6.36. The molecule has 2 aromatic rings. The third kappa shape index (κ3) is 3.83. The first-order valence-corrected chi connectivity index (χ1v) is 8.20. The number of hydrogen-bond acceptors (Lipinski definition) is 3. The number of cyclic esters (lactones) is 1. The van der Waals surface area contributed by atoms with Crippen LogP contribution in [0.25, 0.3) is 0 Å². The molecule has 0 aliphatic carbocycles. The molecule has 0 bridgehead atoms. The number of benzene rings is 2. The van der Waals surface area contributed by atoms with E-state index < -0.39 is 24.3 Å². The fourth-order valence-electron chi connectivity index (χ4n) is 3.36. The summed E-state index contributed by atoms with van der Waals surface area (Å²) in [5, 5.41) is 0. The molecule has 0 saturated carbocycles. The van der Waals surface area contributed by atoms with Crippen molar-refractivity contribution in [2.75, 3.05) is 6.54 Å². The maximum atomic E-state index is 13.3. The number of carbonyl (C=O) groups excluding carboxylic acids is 1. The second-order valence-electron chi connectivity index (χ2n) is 6.36. The summed E-state index contributed by atoms with van der Waals surface area (Å²) in [5.74, 6) is 0. The highest BCUT2D eigenvalue weighted by Gasteiger charge is 2.53. The van der Waals surface area contributed by atoms with Crippen LogP contribution in [-0.4, -0.2) is 23.7 Å². The van der Waals surface area contributed by atoms with Gasteiger partial charge in [0.05, 0.1) is 13.0 Å². The lowest BCUT2D eigenvalue weighted by Crippen LogP contribution is -2.37. The van der Waals surface area contributed by atoms with Gasteiger partial charge in [-0.05, 0) is 11.1 Å². The van der Waals surface area contributed by atoms with Crippen LogP contribution in [0.3, 0.4) is 0 Å². The highest BCUT2D eigenvalue weighted by Crippen LogP contribution is 2.43. The number of carbonyl (C=O) groups is 1. The fraction of sp³-hybridized carbons (Fsp3) is 0.316. The molecule has 0 radical (unpaired) electrons. The van der Waals surface area contributed by atoms with Gasteiger partial charge in [0.2, 0.25) is 0 Å². The number of alkyl halides is 3. The zero-order chi connectivity index (χ0) is 18.8. The normalized spacial score (nSPS) is 20.3. The van der Waals surface area contributed by atoms with E-state index in [1.165, 1.54) is 4.90 Å². The van der Waals surface area contributed by atoms with Gasteiger partial charge < -0.3 is 10.5 Å². The molecule has 0 aromatic heterocycles. The number of nitrogens with zero attached hydrogens (tertiary/aromatic N) is 1. The largest absolute Gasteiger partial charge is 0.436 e. The summed E-state index contributed by atoms with van der Waals surface area (Å²) in [6.07, 6.45) is -6.51. The predicted molar refractivity (Wildman–Crippen MR) is 90.0 cm³/mol. The van der Waals surface area contributed by atoms with Gasteiger partial charge in [-0.25, -0.2) is 4.79 Å². The SMILES string of the molecule is NCc1ccccc1C1(CC(F)(F)F)CN(Cc2ccccc2)C(=O)O1. The van der Waals surface area contributed by atoms with E-state index in [1.807, 2.05) is 30.3 Å². The Morgan fingerprint density at radius 1 is 1.08 bits per heavy atom. The molecule has 2 aromatic carbocycles. The van der Waals surface area contributed by atoms with Gasteiger partial charge in [-0.2, -0.15) is 13.2 Å². The number of halogens is 3. The van der Waals surface area contributed by atoms with Gasteiger partial charge in [0, 0.05) is 18.7 Å². The molecule has 1 saturated heterocycles. The molecule has 4 nitrogen and oxygen atoms in total. The van der Waals surface area contributed by atoms with Crippen LogP contribution in [0.2, 0.25) is 0 Å². The summed E-state index contributed by atoms with van der Waals surface area (Å²) in [7, 11) is 0. The average Bonchev–Trinajstić information content (AvgIpc) is 2.90. The van der Waals surface area contributed by atoms with Crippen molar-refractivity contribution in [1.82, 2.24) is 4.90 Å². The number of hydrogen-bond donors (Lipinski definition) is 1. The summed E-state index contributed by atoms with van der Waals surface area (Å²) in [4.78, 5) is 13.7. The van der Waals surface area contributed by atoms with Crippen LogP contribution in [-0.2, 0) is 23.4 Å². The van der Waals surface area contributed by atoms with Crippen LogP contribution in [0.4, 0.5) is 18.0 Å². The maximum Gasteiger partial charge on any atom is 0.411 e. The number of nitrogens with two attached hydrogens (primary N) is 1. The van der Waals surface area contributed by atoms with Gasteiger partial charge in [-0.15, -0.1) is 0 Å². The molecule has 138 valence electrons. The minimum atomic E-state index is -4.50. The molecule has 1 fully saturated rings. The maximum absolute atomic E-state index is 13.3. The van der Waals surface area contributed by atoms with Crippen molar-refractivity contribution < 1.29 is 22.7 Å². The summed E-state index contributed by atoms with van der Waals surface area (Å²) >= 11 is 0. The first kappa shape index (κ1) is 18.3. The van der Waals surface area contributed by atoms with Crippen LogP contribution < -0.4 is 5.73 Å². The first-order chi connectivity index (χ1) is 12.3. The number of ether oxygens (including phenoxy) is 1. The Labute approximate surface area is 149 Å². The highest BCUT2D eigenvalue weighted by molar-refractivity contribution is 5.71. The molecular weight excluding hydrogens is 345 g/mol. The van der Waals surface area contributed by atoms with E-state index in [0.29, 0.717) is 11.1 Å². The van der Waals surface area contributed by atoms with Crippen LogP contribution in [0.15, 0.2) is 54.6 Å².